The van der Waals surface area contributed by atoms with E-state index in [1.54, 1.807) is 0 Å². The molecule has 0 radical (unpaired) electrons. The van der Waals surface area contributed by atoms with Gasteiger partial charge in [-0.05, 0) is 61.1 Å². The maximum atomic E-state index is 12.4. The average Bonchev–Trinajstić information content (AvgIpc) is 3.11. The van der Waals surface area contributed by atoms with E-state index in [0.29, 0.717) is 6.04 Å². The van der Waals surface area contributed by atoms with Crippen molar-refractivity contribution in [3.63, 3.8) is 0 Å². The molecular weight excluding hydrogens is 604 g/mol. The third kappa shape index (κ3) is 20.3. The highest BCUT2D eigenvalue weighted by Crippen LogP contribution is 2.19. The summed E-state index contributed by atoms with van der Waals surface area (Å²) in [5.41, 5.74) is 3.95. The molecule has 0 saturated heterocycles. The van der Waals surface area contributed by atoms with E-state index in [2.05, 4.69) is 52.5 Å². The van der Waals surface area contributed by atoms with Crippen LogP contribution < -0.4 is 21.3 Å². The summed E-state index contributed by atoms with van der Waals surface area (Å²) in [5, 5.41) is 12.0. The third-order valence-corrected chi connectivity index (χ3v) is 10.1. The first-order valence-electron chi connectivity index (χ1n) is 20.4. The predicted octanol–water partition coefficient (Wildman–Crippen LogP) is 12.7. The molecule has 1 aliphatic carbocycles. The zero-order chi connectivity index (χ0) is 34.6. The minimum atomic E-state index is -0.138. The zero-order valence-electron chi connectivity index (χ0n) is 31.1. The maximum Gasteiger partial charge on any atom is 0.319 e. The molecule has 6 nitrogen and oxygen atoms in total. The summed E-state index contributed by atoms with van der Waals surface area (Å²) in [6.07, 6.45) is 34.1. The summed E-state index contributed by atoms with van der Waals surface area (Å²) in [4.78, 5) is 24.7. The van der Waals surface area contributed by atoms with E-state index >= 15 is 0 Å². The maximum absolute atomic E-state index is 12.4. The second-order valence-corrected chi connectivity index (χ2v) is 14.6. The number of nitrogens with one attached hydrogen (secondary N) is 4. The molecule has 0 aliphatic heterocycles. The van der Waals surface area contributed by atoms with Crippen molar-refractivity contribution in [2.45, 2.75) is 180 Å². The molecule has 49 heavy (non-hydrogen) atoms. The molecule has 1 saturated carbocycles. The number of rotatable bonds is 26. The van der Waals surface area contributed by atoms with Crippen molar-refractivity contribution < 1.29 is 9.59 Å². The van der Waals surface area contributed by atoms with Gasteiger partial charge in [0.15, 0.2) is 0 Å². The standard InChI is InChI=1S/C43H70N4O2/c1-2-3-4-5-6-7-8-9-10-11-12-13-14-15-16-17-18-19-20-24-35-44-42(48)45-40-31-27-37(28-32-40)36-38-29-33-41(34-30-38)47-43(49)46-39-25-22-21-23-26-39/h27-34,39H,2-26,35-36H2,1H3,(H2,44,45,48)(H2,46,47,49). The molecular formula is C43H70N4O2. The van der Waals surface area contributed by atoms with E-state index in [9.17, 15) is 9.59 Å². The molecule has 6 heteroatoms. The molecule has 274 valence electrons. The molecule has 1 fully saturated rings. The first kappa shape index (κ1) is 40.4. The Morgan fingerprint density at radius 1 is 0.510 bits per heavy atom. The van der Waals surface area contributed by atoms with Gasteiger partial charge < -0.3 is 21.3 Å². The van der Waals surface area contributed by atoms with Crippen LogP contribution in [0.1, 0.15) is 179 Å². The van der Waals surface area contributed by atoms with Crippen molar-refractivity contribution in [2.75, 3.05) is 17.2 Å². The number of hydrogen-bond donors (Lipinski definition) is 4. The number of carbonyl (C=O) groups is 2. The van der Waals surface area contributed by atoms with Crippen molar-refractivity contribution in [3.8, 4) is 0 Å². The van der Waals surface area contributed by atoms with Gasteiger partial charge in [-0.25, -0.2) is 9.59 Å². The summed E-state index contributed by atoms with van der Waals surface area (Å²) < 4.78 is 0. The van der Waals surface area contributed by atoms with Gasteiger partial charge in [0.1, 0.15) is 0 Å². The molecule has 0 aromatic heterocycles. The van der Waals surface area contributed by atoms with Gasteiger partial charge in [0.05, 0.1) is 0 Å². The van der Waals surface area contributed by atoms with Crippen LogP contribution in [-0.4, -0.2) is 24.6 Å². The zero-order valence-corrected chi connectivity index (χ0v) is 31.1. The highest BCUT2D eigenvalue weighted by molar-refractivity contribution is 5.89. The lowest BCUT2D eigenvalue weighted by Gasteiger charge is -2.22. The minimum absolute atomic E-state index is 0.118. The second-order valence-electron chi connectivity index (χ2n) is 14.6. The average molecular weight is 675 g/mol. The van der Waals surface area contributed by atoms with Crippen LogP contribution in [0.3, 0.4) is 0 Å². The first-order chi connectivity index (χ1) is 24.1. The fourth-order valence-electron chi connectivity index (χ4n) is 7.00. The molecule has 1 aliphatic rings. The van der Waals surface area contributed by atoms with Crippen molar-refractivity contribution >= 4 is 23.4 Å². The normalized spacial score (nSPS) is 13.2. The molecule has 2 aromatic carbocycles. The van der Waals surface area contributed by atoms with E-state index in [-0.39, 0.29) is 12.1 Å². The molecule has 3 rings (SSSR count). The Morgan fingerprint density at radius 3 is 1.33 bits per heavy atom. The molecule has 0 atom stereocenters. The Morgan fingerprint density at radius 2 is 0.898 bits per heavy atom. The van der Waals surface area contributed by atoms with Crippen LogP contribution >= 0.6 is 0 Å². The molecule has 4 N–H and O–H groups in total. The van der Waals surface area contributed by atoms with Crippen LogP contribution in [0, 0.1) is 0 Å². The third-order valence-electron chi connectivity index (χ3n) is 10.1. The Bertz CT molecular complexity index is 1110. The van der Waals surface area contributed by atoms with Gasteiger partial charge in [0.25, 0.3) is 0 Å². The van der Waals surface area contributed by atoms with Gasteiger partial charge in [-0.2, -0.15) is 0 Å². The van der Waals surface area contributed by atoms with Gasteiger partial charge >= 0.3 is 12.1 Å². The first-order valence-corrected chi connectivity index (χ1v) is 20.4. The highest BCUT2D eigenvalue weighted by Gasteiger charge is 2.15. The number of amides is 4. The highest BCUT2D eigenvalue weighted by atomic mass is 16.2. The number of unbranched alkanes of at least 4 members (excludes halogenated alkanes) is 19. The fraction of sp³-hybridized carbons (Fsp3) is 0.674. The second kappa shape index (κ2) is 26.8. The number of benzene rings is 2. The van der Waals surface area contributed by atoms with Gasteiger partial charge in [0.2, 0.25) is 0 Å². The number of urea groups is 2. The van der Waals surface area contributed by atoms with Crippen molar-refractivity contribution in [1.29, 1.82) is 0 Å². The molecule has 0 bridgehead atoms. The Labute approximate surface area is 299 Å². The lowest BCUT2D eigenvalue weighted by atomic mass is 9.96. The Kier molecular flexibility index (Phi) is 22.1. The van der Waals surface area contributed by atoms with Gasteiger partial charge in [0, 0.05) is 24.0 Å². The van der Waals surface area contributed by atoms with E-state index in [1.165, 1.54) is 152 Å². The largest absolute Gasteiger partial charge is 0.338 e. The lowest BCUT2D eigenvalue weighted by molar-refractivity contribution is 0.244. The molecule has 0 heterocycles. The monoisotopic (exact) mass is 675 g/mol. The molecule has 4 amide bonds. The van der Waals surface area contributed by atoms with Gasteiger partial charge in [-0.15, -0.1) is 0 Å². The smallest absolute Gasteiger partial charge is 0.319 e. The van der Waals surface area contributed by atoms with E-state index in [1.807, 2.05) is 24.3 Å². The SMILES string of the molecule is CCCCCCCCCCCCCCCCCCCCCCNC(=O)Nc1ccc(Cc2ccc(NC(=O)NC3CCCCC3)cc2)cc1. The molecule has 2 aromatic rings. The van der Waals surface area contributed by atoms with E-state index in [0.717, 1.165) is 43.6 Å². The van der Waals surface area contributed by atoms with Gasteiger partial charge in [-0.1, -0.05) is 172 Å². The van der Waals surface area contributed by atoms with Crippen LogP contribution in [0.4, 0.5) is 21.0 Å². The number of carbonyl (C=O) groups excluding carboxylic acids is 2. The Hall–Kier alpha value is -3.02. The predicted molar refractivity (Wildman–Crippen MR) is 210 cm³/mol. The van der Waals surface area contributed by atoms with Gasteiger partial charge in [-0.3, -0.25) is 0 Å². The quantitative estimate of drug-likeness (QED) is 0.0749. The molecule has 0 unspecified atom stereocenters. The summed E-state index contributed by atoms with van der Waals surface area (Å²) in [6, 6.07) is 16.1. The van der Waals surface area contributed by atoms with Crippen molar-refractivity contribution in [3.05, 3.63) is 59.7 Å². The van der Waals surface area contributed by atoms with Crippen LogP contribution in [0.2, 0.25) is 0 Å². The molecule has 0 spiro atoms. The van der Waals surface area contributed by atoms with Crippen LogP contribution in [0.5, 0.6) is 0 Å². The number of anilines is 2. The van der Waals surface area contributed by atoms with Crippen LogP contribution in [0.25, 0.3) is 0 Å². The summed E-state index contributed by atoms with van der Waals surface area (Å²) >= 11 is 0. The minimum Gasteiger partial charge on any atom is -0.338 e. The summed E-state index contributed by atoms with van der Waals surface area (Å²) in [6.45, 7) is 3.01. The topological polar surface area (TPSA) is 82.3 Å². The van der Waals surface area contributed by atoms with E-state index in [4.69, 9.17) is 0 Å². The van der Waals surface area contributed by atoms with Crippen molar-refractivity contribution in [1.82, 2.24) is 10.6 Å². The van der Waals surface area contributed by atoms with Crippen molar-refractivity contribution in [2.24, 2.45) is 0 Å². The number of hydrogen-bond acceptors (Lipinski definition) is 2. The van der Waals surface area contributed by atoms with Crippen LogP contribution in [-0.2, 0) is 6.42 Å². The summed E-state index contributed by atoms with van der Waals surface area (Å²) in [7, 11) is 0. The fourth-order valence-corrected chi connectivity index (χ4v) is 7.00. The van der Waals surface area contributed by atoms with Crippen LogP contribution in [0.15, 0.2) is 48.5 Å². The van der Waals surface area contributed by atoms with E-state index < -0.39 is 0 Å². The Balaban J connectivity index is 1.11. The summed E-state index contributed by atoms with van der Waals surface area (Å²) in [5.74, 6) is 0. The lowest BCUT2D eigenvalue weighted by Crippen LogP contribution is -2.38.